The zero-order valence-corrected chi connectivity index (χ0v) is 10.1. The minimum atomic E-state index is -0.385. The first-order chi connectivity index (χ1) is 8.79. The van der Waals surface area contributed by atoms with E-state index in [4.69, 9.17) is 4.74 Å². The average Bonchev–Trinajstić information content (AvgIpc) is 2.87. The van der Waals surface area contributed by atoms with Crippen LogP contribution in [0.25, 0.3) is 12.2 Å². The summed E-state index contributed by atoms with van der Waals surface area (Å²) in [5.41, 5.74) is 2.14. The second-order valence-electron chi connectivity index (χ2n) is 3.67. The van der Waals surface area contributed by atoms with Crippen LogP contribution in [0.4, 0.5) is 0 Å². The normalized spacial score (nSPS) is 10.7. The lowest BCUT2D eigenvalue weighted by Gasteiger charge is -1.95. The molecule has 4 heteroatoms. The Kier molecular flexibility index (Phi) is 3.91. The van der Waals surface area contributed by atoms with Gasteiger partial charge in [-0.25, -0.2) is 4.79 Å². The maximum Gasteiger partial charge on any atom is 0.356 e. The maximum atomic E-state index is 11.4. The van der Waals surface area contributed by atoms with E-state index < -0.39 is 0 Å². The number of nitrogens with one attached hydrogen (secondary N) is 1. The topological polar surface area (TPSA) is 55.0 Å². The van der Waals surface area contributed by atoms with Crippen LogP contribution >= 0.6 is 0 Å². The standard InChI is InChI=1S/C14H14N2O2/c1-2-18-14(17)13-10-12(15-16-13)9-8-11-6-4-3-5-7-11/h3-10H,2H2,1H3,(H,15,16)/b9-8+. The van der Waals surface area contributed by atoms with Gasteiger partial charge in [-0.1, -0.05) is 36.4 Å². The first-order valence-corrected chi connectivity index (χ1v) is 5.75. The van der Waals surface area contributed by atoms with Gasteiger partial charge in [-0.3, -0.25) is 5.10 Å². The third-order valence-corrected chi connectivity index (χ3v) is 2.34. The lowest BCUT2D eigenvalue weighted by Crippen LogP contribution is -2.04. The summed E-state index contributed by atoms with van der Waals surface area (Å²) < 4.78 is 4.87. The molecule has 0 radical (unpaired) electrons. The number of benzene rings is 1. The van der Waals surface area contributed by atoms with Crippen LogP contribution in [0.5, 0.6) is 0 Å². The van der Waals surface area contributed by atoms with E-state index >= 15 is 0 Å². The number of hydrogen-bond donors (Lipinski definition) is 1. The Labute approximate surface area is 105 Å². The summed E-state index contributed by atoms with van der Waals surface area (Å²) in [6.45, 7) is 2.12. The fourth-order valence-corrected chi connectivity index (χ4v) is 1.48. The third kappa shape index (κ3) is 3.07. The number of nitrogens with zero attached hydrogens (tertiary/aromatic N) is 1. The van der Waals surface area contributed by atoms with Crippen LogP contribution in [-0.4, -0.2) is 22.8 Å². The molecule has 1 aromatic carbocycles. The minimum absolute atomic E-state index is 0.354. The Hall–Kier alpha value is -2.36. The molecule has 2 rings (SSSR count). The molecule has 0 aliphatic carbocycles. The molecule has 0 unspecified atom stereocenters. The lowest BCUT2D eigenvalue weighted by molar-refractivity contribution is 0.0519. The van der Waals surface area contributed by atoms with E-state index in [0.717, 1.165) is 5.56 Å². The molecule has 2 aromatic rings. The van der Waals surface area contributed by atoms with Crippen LogP contribution in [0.1, 0.15) is 28.7 Å². The molecule has 0 saturated carbocycles. The Morgan fingerprint density at radius 1 is 1.33 bits per heavy atom. The molecule has 0 amide bonds. The van der Waals surface area contributed by atoms with Gasteiger partial charge in [0.2, 0.25) is 0 Å². The summed E-state index contributed by atoms with van der Waals surface area (Å²) in [6, 6.07) is 11.6. The summed E-state index contributed by atoms with van der Waals surface area (Å²) in [5, 5.41) is 6.67. The largest absolute Gasteiger partial charge is 0.461 e. The number of carbonyl (C=O) groups excluding carboxylic acids is 1. The molecule has 1 heterocycles. The van der Waals surface area contributed by atoms with Crippen molar-refractivity contribution in [2.75, 3.05) is 6.61 Å². The smallest absolute Gasteiger partial charge is 0.356 e. The van der Waals surface area contributed by atoms with E-state index in [9.17, 15) is 4.79 Å². The monoisotopic (exact) mass is 242 g/mol. The van der Waals surface area contributed by atoms with Gasteiger partial charge in [-0.05, 0) is 24.6 Å². The zero-order chi connectivity index (χ0) is 12.8. The summed E-state index contributed by atoms with van der Waals surface area (Å²) >= 11 is 0. The SMILES string of the molecule is CCOC(=O)c1cc(/C=C/c2ccccc2)n[nH]1. The predicted octanol–water partition coefficient (Wildman–Crippen LogP) is 2.76. The highest BCUT2D eigenvalue weighted by Crippen LogP contribution is 2.07. The molecule has 0 spiro atoms. The second kappa shape index (κ2) is 5.82. The molecule has 0 bridgehead atoms. The first-order valence-electron chi connectivity index (χ1n) is 5.75. The number of H-pyrrole nitrogens is 1. The van der Waals surface area contributed by atoms with Crippen LogP contribution in [0.3, 0.4) is 0 Å². The average molecular weight is 242 g/mol. The molecule has 4 nitrogen and oxygen atoms in total. The van der Waals surface area contributed by atoms with E-state index in [1.807, 2.05) is 42.5 Å². The molecule has 1 N–H and O–H groups in total. The second-order valence-corrected chi connectivity index (χ2v) is 3.67. The number of aromatic amines is 1. The van der Waals surface area contributed by atoms with Gasteiger partial charge in [0.25, 0.3) is 0 Å². The molecule has 0 saturated heterocycles. The number of esters is 1. The lowest BCUT2D eigenvalue weighted by atomic mass is 10.2. The van der Waals surface area contributed by atoms with E-state index in [0.29, 0.717) is 18.0 Å². The van der Waals surface area contributed by atoms with E-state index in [1.54, 1.807) is 13.0 Å². The van der Waals surface area contributed by atoms with Crippen molar-refractivity contribution in [3.8, 4) is 0 Å². The van der Waals surface area contributed by atoms with Gasteiger partial charge in [0, 0.05) is 0 Å². The summed E-state index contributed by atoms with van der Waals surface area (Å²) in [4.78, 5) is 11.4. The fraction of sp³-hybridized carbons (Fsp3) is 0.143. The summed E-state index contributed by atoms with van der Waals surface area (Å²) in [6.07, 6.45) is 3.78. The van der Waals surface area contributed by atoms with Crippen molar-refractivity contribution in [3.63, 3.8) is 0 Å². The van der Waals surface area contributed by atoms with Crippen LogP contribution in [0.15, 0.2) is 36.4 Å². The Morgan fingerprint density at radius 2 is 2.11 bits per heavy atom. The number of ether oxygens (including phenoxy) is 1. The highest BCUT2D eigenvalue weighted by molar-refractivity contribution is 5.88. The van der Waals surface area contributed by atoms with Crippen molar-refractivity contribution in [3.05, 3.63) is 53.3 Å². The fourth-order valence-electron chi connectivity index (χ4n) is 1.48. The Bertz CT molecular complexity index is 544. The van der Waals surface area contributed by atoms with Gasteiger partial charge in [0.1, 0.15) is 5.69 Å². The van der Waals surface area contributed by atoms with Crippen LogP contribution < -0.4 is 0 Å². The molecule has 0 atom stereocenters. The summed E-state index contributed by atoms with van der Waals surface area (Å²) in [5.74, 6) is -0.385. The van der Waals surface area contributed by atoms with Crippen molar-refractivity contribution in [1.29, 1.82) is 0 Å². The molecular weight excluding hydrogens is 228 g/mol. The van der Waals surface area contributed by atoms with E-state index in [1.165, 1.54) is 0 Å². The van der Waals surface area contributed by atoms with Crippen molar-refractivity contribution >= 4 is 18.1 Å². The molecule has 0 aliphatic rings. The highest BCUT2D eigenvalue weighted by atomic mass is 16.5. The summed E-state index contributed by atoms with van der Waals surface area (Å²) in [7, 11) is 0. The predicted molar refractivity (Wildman–Crippen MR) is 69.9 cm³/mol. The first kappa shape index (κ1) is 12.1. The van der Waals surface area contributed by atoms with Crippen molar-refractivity contribution in [1.82, 2.24) is 10.2 Å². The van der Waals surface area contributed by atoms with Gasteiger partial charge in [-0.15, -0.1) is 0 Å². The van der Waals surface area contributed by atoms with Gasteiger partial charge < -0.3 is 4.74 Å². The van der Waals surface area contributed by atoms with Crippen molar-refractivity contribution < 1.29 is 9.53 Å². The molecule has 18 heavy (non-hydrogen) atoms. The van der Waals surface area contributed by atoms with Crippen LogP contribution in [0, 0.1) is 0 Å². The van der Waals surface area contributed by atoms with Gasteiger partial charge >= 0.3 is 5.97 Å². The van der Waals surface area contributed by atoms with E-state index in [-0.39, 0.29) is 5.97 Å². The number of aromatic nitrogens is 2. The Morgan fingerprint density at radius 3 is 2.83 bits per heavy atom. The highest BCUT2D eigenvalue weighted by Gasteiger charge is 2.08. The van der Waals surface area contributed by atoms with Gasteiger partial charge in [-0.2, -0.15) is 5.10 Å². The number of hydrogen-bond acceptors (Lipinski definition) is 3. The van der Waals surface area contributed by atoms with Crippen LogP contribution in [0.2, 0.25) is 0 Å². The quantitative estimate of drug-likeness (QED) is 0.839. The molecular formula is C14H14N2O2. The molecule has 0 aliphatic heterocycles. The van der Waals surface area contributed by atoms with E-state index in [2.05, 4.69) is 10.2 Å². The molecule has 1 aromatic heterocycles. The van der Waals surface area contributed by atoms with Crippen molar-refractivity contribution in [2.24, 2.45) is 0 Å². The minimum Gasteiger partial charge on any atom is -0.461 e. The van der Waals surface area contributed by atoms with Crippen LogP contribution in [-0.2, 0) is 4.74 Å². The Balaban J connectivity index is 2.07. The third-order valence-electron chi connectivity index (χ3n) is 2.34. The van der Waals surface area contributed by atoms with Crippen molar-refractivity contribution in [2.45, 2.75) is 6.92 Å². The van der Waals surface area contributed by atoms with Gasteiger partial charge in [0.05, 0.1) is 12.3 Å². The number of rotatable bonds is 4. The van der Waals surface area contributed by atoms with Gasteiger partial charge in [0.15, 0.2) is 0 Å². The zero-order valence-electron chi connectivity index (χ0n) is 10.1. The molecule has 0 fully saturated rings. The maximum absolute atomic E-state index is 11.4. The number of carbonyl (C=O) groups is 1. The molecule has 92 valence electrons.